The summed E-state index contributed by atoms with van der Waals surface area (Å²) in [7, 11) is 3.68. The van der Waals surface area contributed by atoms with Crippen molar-refractivity contribution >= 4 is 21.5 Å². The molecule has 1 heterocycles. The van der Waals surface area contributed by atoms with Crippen molar-refractivity contribution in [3.05, 3.63) is 6.20 Å². The molecule has 5 heteroatoms. The molecule has 1 atom stereocenters. The van der Waals surface area contributed by atoms with E-state index in [9.17, 15) is 0 Å². The maximum absolute atomic E-state index is 5.59. The van der Waals surface area contributed by atoms with Crippen molar-refractivity contribution in [3.8, 4) is 0 Å². The molecule has 0 bridgehead atoms. The lowest BCUT2D eigenvalue weighted by Crippen LogP contribution is -2.32. The number of thiazole rings is 1. The lowest BCUT2D eigenvalue weighted by atomic mass is 10.3. The fourth-order valence-corrected chi connectivity index (χ4v) is 1.73. The van der Waals surface area contributed by atoms with Crippen LogP contribution in [0, 0.1) is 0 Å². The molecule has 0 saturated heterocycles. The molecule has 74 valence electrons. The Morgan fingerprint density at radius 1 is 1.77 bits per heavy atom. The van der Waals surface area contributed by atoms with Gasteiger partial charge in [-0.05, 0) is 6.92 Å². The van der Waals surface area contributed by atoms with Gasteiger partial charge in [-0.2, -0.15) is 0 Å². The second-order valence-electron chi connectivity index (χ2n) is 2.96. The van der Waals surface area contributed by atoms with Gasteiger partial charge in [-0.3, -0.25) is 0 Å². The number of nitrogens with two attached hydrogens (primary N) is 1. The molecule has 0 aliphatic heterocycles. The average Bonchev–Trinajstić information content (AvgIpc) is 2.51. The zero-order chi connectivity index (χ0) is 9.84. The average molecular weight is 201 g/mol. The number of nitrogens with zero attached hydrogens (tertiary/aromatic N) is 2. The maximum Gasteiger partial charge on any atom is 0.187 e. The number of nitrogen functional groups attached to an aromatic ring is 1. The number of hydrogen-bond acceptors (Lipinski definition) is 5. The van der Waals surface area contributed by atoms with Crippen molar-refractivity contribution in [1.82, 2.24) is 4.98 Å². The van der Waals surface area contributed by atoms with Crippen LogP contribution >= 0.6 is 11.3 Å². The maximum atomic E-state index is 5.59. The van der Waals surface area contributed by atoms with Gasteiger partial charge in [0.1, 0.15) is 5.00 Å². The van der Waals surface area contributed by atoms with E-state index in [1.165, 1.54) is 11.3 Å². The van der Waals surface area contributed by atoms with Crippen molar-refractivity contribution in [1.29, 1.82) is 0 Å². The van der Waals surface area contributed by atoms with Crippen LogP contribution < -0.4 is 10.6 Å². The molecule has 0 saturated carbocycles. The zero-order valence-electron chi connectivity index (χ0n) is 8.15. The van der Waals surface area contributed by atoms with Crippen molar-refractivity contribution in [2.24, 2.45) is 0 Å². The number of rotatable bonds is 4. The van der Waals surface area contributed by atoms with Crippen LogP contribution in [0.4, 0.5) is 10.1 Å². The lowest BCUT2D eigenvalue weighted by molar-refractivity contribution is 0.183. The number of likely N-dealkylation sites (N-methyl/N-ethyl adjacent to an activating group) is 1. The van der Waals surface area contributed by atoms with Crippen LogP contribution in [0.2, 0.25) is 0 Å². The first kappa shape index (κ1) is 10.3. The highest BCUT2D eigenvalue weighted by Gasteiger charge is 2.12. The monoisotopic (exact) mass is 201 g/mol. The van der Waals surface area contributed by atoms with Gasteiger partial charge in [0.15, 0.2) is 5.13 Å². The number of hydrogen-bond donors (Lipinski definition) is 1. The summed E-state index contributed by atoms with van der Waals surface area (Å²) in [6.07, 6.45) is 1.68. The largest absolute Gasteiger partial charge is 0.389 e. The minimum Gasteiger partial charge on any atom is -0.389 e. The third-order valence-electron chi connectivity index (χ3n) is 1.88. The minimum absolute atomic E-state index is 0.315. The Hall–Kier alpha value is -0.810. The normalized spacial score (nSPS) is 12.8. The van der Waals surface area contributed by atoms with Gasteiger partial charge in [0, 0.05) is 14.2 Å². The van der Waals surface area contributed by atoms with Crippen molar-refractivity contribution < 1.29 is 4.74 Å². The first-order valence-corrected chi connectivity index (χ1v) is 4.90. The summed E-state index contributed by atoms with van der Waals surface area (Å²) in [6, 6.07) is 0.315. The Balaban J connectivity index is 2.61. The highest BCUT2D eigenvalue weighted by molar-refractivity contribution is 7.19. The molecule has 0 aromatic carbocycles. The molecule has 1 aromatic rings. The van der Waals surface area contributed by atoms with Crippen LogP contribution in [-0.2, 0) is 4.74 Å². The predicted molar refractivity (Wildman–Crippen MR) is 56.3 cm³/mol. The van der Waals surface area contributed by atoms with E-state index in [1.54, 1.807) is 13.3 Å². The van der Waals surface area contributed by atoms with Gasteiger partial charge >= 0.3 is 0 Å². The van der Waals surface area contributed by atoms with Gasteiger partial charge in [-0.25, -0.2) is 4.98 Å². The quantitative estimate of drug-likeness (QED) is 0.795. The standard InChI is InChI=1S/C8H15N3OS/c1-6(5-12-3)11(2)8-10-4-7(9)13-8/h4,6H,5,9H2,1-3H3. The SMILES string of the molecule is COCC(C)N(C)c1ncc(N)s1. The first-order chi connectivity index (χ1) is 6.15. The molecule has 1 unspecified atom stereocenters. The third kappa shape index (κ3) is 2.57. The van der Waals surface area contributed by atoms with E-state index in [1.807, 2.05) is 7.05 Å². The molecule has 1 aromatic heterocycles. The lowest BCUT2D eigenvalue weighted by Gasteiger charge is -2.23. The van der Waals surface area contributed by atoms with Crippen LogP contribution in [0.15, 0.2) is 6.20 Å². The van der Waals surface area contributed by atoms with Crippen LogP contribution in [-0.4, -0.2) is 31.8 Å². The zero-order valence-corrected chi connectivity index (χ0v) is 8.97. The predicted octanol–water partition coefficient (Wildman–Crippen LogP) is 1.20. The molecule has 4 nitrogen and oxygen atoms in total. The molecule has 0 fully saturated rings. The highest BCUT2D eigenvalue weighted by atomic mass is 32.1. The van der Waals surface area contributed by atoms with E-state index >= 15 is 0 Å². The van der Waals surface area contributed by atoms with E-state index in [-0.39, 0.29) is 0 Å². The second kappa shape index (κ2) is 4.43. The summed E-state index contributed by atoms with van der Waals surface area (Å²) in [6.45, 7) is 2.77. The van der Waals surface area contributed by atoms with Crippen molar-refractivity contribution in [3.63, 3.8) is 0 Å². The summed E-state index contributed by atoms with van der Waals surface area (Å²) < 4.78 is 5.06. The Labute approximate surface area is 82.3 Å². The molecule has 0 aliphatic carbocycles. The number of methoxy groups -OCH3 is 1. The fourth-order valence-electron chi connectivity index (χ4n) is 0.982. The molecule has 0 amide bonds. The first-order valence-electron chi connectivity index (χ1n) is 4.08. The van der Waals surface area contributed by atoms with Crippen molar-refractivity contribution in [2.75, 3.05) is 31.4 Å². The molecule has 1 rings (SSSR count). The van der Waals surface area contributed by atoms with Gasteiger partial charge in [0.05, 0.1) is 18.8 Å². The molecule has 2 N–H and O–H groups in total. The van der Waals surface area contributed by atoms with Gasteiger partial charge in [-0.15, -0.1) is 0 Å². The molecular weight excluding hydrogens is 186 g/mol. The van der Waals surface area contributed by atoms with E-state index in [4.69, 9.17) is 10.5 Å². The van der Waals surface area contributed by atoms with Crippen LogP contribution in [0.25, 0.3) is 0 Å². The number of ether oxygens (including phenoxy) is 1. The van der Waals surface area contributed by atoms with Crippen LogP contribution in [0.3, 0.4) is 0 Å². The van der Waals surface area contributed by atoms with Crippen molar-refractivity contribution in [2.45, 2.75) is 13.0 Å². The van der Waals surface area contributed by atoms with E-state index < -0.39 is 0 Å². The number of aromatic nitrogens is 1. The van der Waals surface area contributed by atoms with E-state index in [0.717, 1.165) is 10.1 Å². The smallest absolute Gasteiger partial charge is 0.187 e. The summed E-state index contributed by atoms with van der Waals surface area (Å²) in [5.41, 5.74) is 5.59. The molecule has 0 aliphatic rings. The Kier molecular flexibility index (Phi) is 3.50. The van der Waals surface area contributed by atoms with Gasteiger partial charge in [0.2, 0.25) is 0 Å². The van der Waals surface area contributed by atoms with Gasteiger partial charge in [-0.1, -0.05) is 11.3 Å². The highest BCUT2D eigenvalue weighted by Crippen LogP contribution is 2.24. The second-order valence-corrected chi connectivity index (χ2v) is 4.00. The molecule has 13 heavy (non-hydrogen) atoms. The Morgan fingerprint density at radius 3 is 2.92 bits per heavy atom. The van der Waals surface area contributed by atoms with E-state index in [0.29, 0.717) is 12.6 Å². The fraction of sp³-hybridized carbons (Fsp3) is 0.625. The minimum atomic E-state index is 0.315. The summed E-state index contributed by atoms with van der Waals surface area (Å²) in [4.78, 5) is 6.24. The van der Waals surface area contributed by atoms with Crippen LogP contribution in [0.5, 0.6) is 0 Å². The van der Waals surface area contributed by atoms with Crippen LogP contribution in [0.1, 0.15) is 6.92 Å². The summed E-state index contributed by atoms with van der Waals surface area (Å²) in [5, 5.41) is 1.67. The summed E-state index contributed by atoms with van der Waals surface area (Å²) in [5.74, 6) is 0. The number of anilines is 2. The molecule has 0 radical (unpaired) electrons. The van der Waals surface area contributed by atoms with E-state index in [2.05, 4.69) is 16.8 Å². The van der Waals surface area contributed by atoms with Gasteiger partial charge < -0.3 is 15.4 Å². The van der Waals surface area contributed by atoms with Gasteiger partial charge in [0.25, 0.3) is 0 Å². The third-order valence-corrected chi connectivity index (χ3v) is 2.80. The topological polar surface area (TPSA) is 51.4 Å². The Morgan fingerprint density at radius 2 is 2.46 bits per heavy atom. The molecule has 0 spiro atoms. The molecular formula is C8H15N3OS. The summed E-state index contributed by atoms with van der Waals surface area (Å²) >= 11 is 1.49. The Bertz CT molecular complexity index is 264.